The molecule has 132 valence electrons. The third kappa shape index (κ3) is 2.17. The van der Waals surface area contributed by atoms with Gasteiger partial charge in [-0.2, -0.15) is 4.52 Å². The summed E-state index contributed by atoms with van der Waals surface area (Å²) in [7, 11) is 1.79. The maximum absolute atomic E-state index is 12.8. The van der Waals surface area contributed by atoms with Crippen LogP contribution in [0.5, 0.6) is 0 Å². The second-order valence-corrected chi connectivity index (χ2v) is 8.37. The summed E-state index contributed by atoms with van der Waals surface area (Å²) >= 11 is 1.62. The van der Waals surface area contributed by atoms with Crippen LogP contribution in [-0.2, 0) is 24.8 Å². The van der Waals surface area contributed by atoms with Crippen LogP contribution in [-0.4, -0.2) is 24.8 Å². The Balaban J connectivity index is 1.88. The van der Waals surface area contributed by atoms with Gasteiger partial charge in [-0.15, -0.1) is 16.4 Å². The number of hydrogen-bond acceptors (Lipinski definition) is 5. The Hall–Kier alpha value is -2.51. The second-order valence-electron chi connectivity index (χ2n) is 7.29. The lowest BCUT2D eigenvalue weighted by atomic mass is 9.94. The number of fused-ring (bicyclic) bond motifs is 5. The van der Waals surface area contributed by atoms with E-state index in [4.69, 9.17) is 9.72 Å². The van der Waals surface area contributed by atoms with Crippen molar-refractivity contribution in [1.82, 2.24) is 19.2 Å². The third-order valence-corrected chi connectivity index (χ3v) is 6.19. The van der Waals surface area contributed by atoms with Crippen molar-refractivity contribution in [3.63, 3.8) is 0 Å². The molecule has 0 fully saturated rings. The number of aryl methyl sites for hydroxylation is 1. The SMILES string of the molecule is Cn1c(=O)n2nc(-c3ccccc3)nc2c2c3c(sc21)COC(C)(C)C3. The Morgan fingerprint density at radius 1 is 1.23 bits per heavy atom. The number of benzene rings is 1. The third-order valence-electron chi connectivity index (χ3n) is 4.90. The normalized spacial score (nSPS) is 16.3. The molecule has 1 aliphatic rings. The molecule has 0 spiro atoms. The largest absolute Gasteiger partial charge is 0.370 e. The van der Waals surface area contributed by atoms with Crippen molar-refractivity contribution in [1.29, 1.82) is 0 Å². The molecule has 0 saturated heterocycles. The van der Waals surface area contributed by atoms with Crippen molar-refractivity contribution in [2.75, 3.05) is 0 Å². The van der Waals surface area contributed by atoms with Gasteiger partial charge in [-0.05, 0) is 19.4 Å². The summed E-state index contributed by atoms with van der Waals surface area (Å²) in [4.78, 5) is 19.7. The number of nitrogens with zero attached hydrogens (tertiary/aromatic N) is 4. The smallest absolute Gasteiger partial charge is 0.351 e. The minimum absolute atomic E-state index is 0.180. The summed E-state index contributed by atoms with van der Waals surface area (Å²) in [5.74, 6) is 0.571. The molecular formula is C19H18N4O2S. The van der Waals surface area contributed by atoms with E-state index < -0.39 is 0 Å². The first kappa shape index (κ1) is 15.7. The number of hydrogen-bond donors (Lipinski definition) is 0. The highest BCUT2D eigenvalue weighted by molar-refractivity contribution is 7.19. The highest BCUT2D eigenvalue weighted by Crippen LogP contribution is 2.39. The van der Waals surface area contributed by atoms with Crippen LogP contribution in [0, 0.1) is 0 Å². The van der Waals surface area contributed by atoms with E-state index in [0.717, 1.165) is 22.2 Å². The van der Waals surface area contributed by atoms with Gasteiger partial charge in [0.05, 0.1) is 17.6 Å². The summed E-state index contributed by atoms with van der Waals surface area (Å²) < 4.78 is 9.06. The average molecular weight is 366 g/mol. The summed E-state index contributed by atoms with van der Waals surface area (Å²) in [5, 5.41) is 5.53. The lowest BCUT2D eigenvalue weighted by Crippen LogP contribution is -2.31. The molecule has 4 aromatic rings. The fourth-order valence-corrected chi connectivity index (χ4v) is 4.73. The van der Waals surface area contributed by atoms with Gasteiger partial charge < -0.3 is 4.74 Å². The highest BCUT2D eigenvalue weighted by Gasteiger charge is 2.31. The fraction of sp³-hybridized carbons (Fsp3) is 0.316. The van der Waals surface area contributed by atoms with Crippen LogP contribution in [0.3, 0.4) is 0 Å². The molecule has 1 aromatic carbocycles. The van der Waals surface area contributed by atoms with Crippen LogP contribution in [0.15, 0.2) is 35.1 Å². The van der Waals surface area contributed by atoms with Gasteiger partial charge >= 0.3 is 5.69 Å². The molecule has 0 saturated carbocycles. The monoisotopic (exact) mass is 366 g/mol. The Kier molecular flexibility index (Phi) is 3.17. The molecule has 26 heavy (non-hydrogen) atoms. The van der Waals surface area contributed by atoms with Crippen molar-refractivity contribution in [2.24, 2.45) is 7.05 Å². The molecule has 0 bridgehead atoms. The zero-order valence-corrected chi connectivity index (χ0v) is 15.6. The van der Waals surface area contributed by atoms with Gasteiger partial charge in [-0.25, -0.2) is 9.78 Å². The van der Waals surface area contributed by atoms with Crippen molar-refractivity contribution in [3.05, 3.63) is 51.3 Å². The van der Waals surface area contributed by atoms with Crippen molar-refractivity contribution < 1.29 is 4.74 Å². The summed E-state index contributed by atoms with van der Waals surface area (Å²) in [6.07, 6.45) is 0.795. The number of aromatic nitrogens is 4. The van der Waals surface area contributed by atoms with Crippen LogP contribution in [0.4, 0.5) is 0 Å². The second kappa shape index (κ2) is 5.25. The predicted molar refractivity (Wildman–Crippen MR) is 102 cm³/mol. The Morgan fingerprint density at radius 3 is 2.77 bits per heavy atom. The lowest BCUT2D eigenvalue weighted by molar-refractivity contribution is -0.0379. The number of rotatable bonds is 1. The molecule has 1 aliphatic heterocycles. The quantitative estimate of drug-likeness (QED) is 0.519. The van der Waals surface area contributed by atoms with E-state index >= 15 is 0 Å². The van der Waals surface area contributed by atoms with Crippen molar-refractivity contribution >= 4 is 27.2 Å². The van der Waals surface area contributed by atoms with E-state index in [2.05, 4.69) is 18.9 Å². The highest BCUT2D eigenvalue weighted by atomic mass is 32.1. The molecule has 0 amide bonds. The molecule has 0 aliphatic carbocycles. The van der Waals surface area contributed by atoms with Crippen LogP contribution < -0.4 is 5.69 Å². The van der Waals surface area contributed by atoms with E-state index in [1.807, 2.05) is 30.3 Å². The maximum Gasteiger partial charge on any atom is 0.351 e. The minimum Gasteiger partial charge on any atom is -0.370 e. The Morgan fingerprint density at radius 2 is 2.00 bits per heavy atom. The standard InChI is InChI=1S/C19H18N4O2S/c1-19(2)9-12-13(10-25-19)26-17-14(12)16-20-15(11-7-5-4-6-8-11)21-23(16)18(24)22(17)3/h4-8H,9-10H2,1-3H3. The molecule has 4 heterocycles. The first-order valence-electron chi connectivity index (χ1n) is 8.54. The molecule has 0 radical (unpaired) electrons. The summed E-state index contributed by atoms with van der Waals surface area (Å²) in [6, 6.07) is 9.75. The number of thiophene rings is 1. The number of ether oxygens (including phenoxy) is 1. The van der Waals surface area contributed by atoms with Gasteiger partial charge in [0.25, 0.3) is 0 Å². The molecule has 0 N–H and O–H groups in total. The van der Waals surface area contributed by atoms with Gasteiger partial charge in [0.1, 0.15) is 4.83 Å². The molecule has 5 rings (SSSR count). The zero-order valence-electron chi connectivity index (χ0n) is 14.8. The molecule has 0 unspecified atom stereocenters. The molecule has 7 heteroatoms. The average Bonchev–Trinajstić information content (AvgIpc) is 3.21. The molecule has 6 nitrogen and oxygen atoms in total. The predicted octanol–water partition coefficient (Wildman–Crippen LogP) is 3.16. The van der Waals surface area contributed by atoms with Gasteiger partial charge in [-0.3, -0.25) is 4.57 Å². The van der Waals surface area contributed by atoms with Crippen molar-refractivity contribution in [2.45, 2.75) is 32.5 Å². The first-order valence-corrected chi connectivity index (χ1v) is 9.36. The Bertz CT molecular complexity index is 1220. The fourth-order valence-electron chi connectivity index (χ4n) is 3.55. The van der Waals surface area contributed by atoms with E-state index in [1.54, 1.807) is 23.0 Å². The topological polar surface area (TPSA) is 61.4 Å². The molecular weight excluding hydrogens is 348 g/mol. The maximum atomic E-state index is 12.8. The van der Waals surface area contributed by atoms with Gasteiger partial charge in [0.15, 0.2) is 11.5 Å². The Labute approximate surface area is 153 Å². The van der Waals surface area contributed by atoms with E-state index in [0.29, 0.717) is 18.1 Å². The molecule has 3 aromatic heterocycles. The minimum atomic E-state index is -0.227. The summed E-state index contributed by atoms with van der Waals surface area (Å²) in [5.41, 5.74) is 2.36. The van der Waals surface area contributed by atoms with E-state index in [-0.39, 0.29) is 11.3 Å². The van der Waals surface area contributed by atoms with E-state index in [9.17, 15) is 4.79 Å². The van der Waals surface area contributed by atoms with Crippen LogP contribution >= 0.6 is 11.3 Å². The van der Waals surface area contributed by atoms with Gasteiger partial charge in [-0.1, -0.05) is 30.3 Å². The van der Waals surface area contributed by atoms with Gasteiger partial charge in [0.2, 0.25) is 0 Å². The molecule has 0 atom stereocenters. The van der Waals surface area contributed by atoms with E-state index in [1.165, 1.54) is 15.0 Å². The van der Waals surface area contributed by atoms with Crippen LogP contribution in [0.2, 0.25) is 0 Å². The van der Waals surface area contributed by atoms with Crippen LogP contribution in [0.25, 0.3) is 27.3 Å². The summed E-state index contributed by atoms with van der Waals surface area (Å²) in [6.45, 7) is 4.76. The zero-order chi connectivity index (χ0) is 18.1. The first-order chi connectivity index (χ1) is 12.4. The van der Waals surface area contributed by atoms with Crippen LogP contribution in [0.1, 0.15) is 24.3 Å². The van der Waals surface area contributed by atoms with Gasteiger partial charge in [0, 0.05) is 23.9 Å². The lowest BCUT2D eigenvalue weighted by Gasteiger charge is -2.30. The van der Waals surface area contributed by atoms with Crippen molar-refractivity contribution in [3.8, 4) is 11.4 Å².